The molecule has 0 bridgehead atoms. The number of rotatable bonds is 7. The lowest BCUT2D eigenvalue weighted by Gasteiger charge is -2.07. The maximum atomic E-state index is 12.0. The fourth-order valence-electron chi connectivity index (χ4n) is 2.99. The summed E-state index contributed by atoms with van der Waals surface area (Å²) in [6, 6.07) is 7.12. The molecule has 0 radical (unpaired) electrons. The minimum absolute atomic E-state index is 0.107. The molecular weight excluding hydrogens is 346 g/mol. The lowest BCUT2D eigenvalue weighted by atomic mass is 10.1. The quantitative estimate of drug-likeness (QED) is 0.667. The van der Waals surface area contributed by atoms with Crippen LogP contribution in [0.2, 0.25) is 0 Å². The van der Waals surface area contributed by atoms with Crippen LogP contribution in [0.3, 0.4) is 0 Å². The monoisotopic (exact) mass is 365 g/mol. The molecule has 4 rings (SSSR count). The Morgan fingerprint density at radius 1 is 1.19 bits per heavy atom. The summed E-state index contributed by atoms with van der Waals surface area (Å²) in [5.41, 5.74) is 1.63. The van der Waals surface area contributed by atoms with Crippen LogP contribution in [0.5, 0.6) is 0 Å². The number of carbonyl (C=O) groups is 2. The SMILES string of the molecule is O=C(CCCC(=O)C1CC1)Nc1ccc(-n2ncc3c(=O)[nH]cnc32)cc1. The average Bonchev–Trinajstić information content (AvgIpc) is 3.42. The van der Waals surface area contributed by atoms with Gasteiger partial charge in [-0.15, -0.1) is 0 Å². The first-order valence-corrected chi connectivity index (χ1v) is 8.96. The van der Waals surface area contributed by atoms with Gasteiger partial charge in [-0.1, -0.05) is 0 Å². The third-order valence-corrected chi connectivity index (χ3v) is 4.63. The Bertz CT molecular complexity index is 1050. The van der Waals surface area contributed by atoms with Crippen LogP contribution in [0.15, 0.2) is 41.6 Å². The van der Waals surface area contributed by atoms with Crippen molar-refractivity contribution in [2.45, 2.75) is 32.1 Å². The van der Waals surface area contributed by atoms with Crippen molar-refractivity contribution in [2.75, 3.05) is 5.32 Å². The fourth-order valence-corrected chi connectivity index (χ4v) is 2.99. The minimum Gasteiger partial charge on any atom is -0.326 e. The largest absolute Gasteiger partial charge is 0.326 e. The van der Waals surface area contributed by atoms with Gasteiger partial charge in [0.1, 0.15) is 11.2 Å². The zero-order valence-corrected chi connectivity index (χ0v) is 14.6. The van der Waals surface area contributed by atoms with E-state index in [1.54, 1.807) is 28.9 Å². The van der Waals surface area contributed by atoms with E-state index in [0.717, 1.165) is 18.5 Å². The summed E-state index contributed by atoms with van der Waals surface area (Å²) in [5, 5.41) is 7.45. The Kier molecular flexibility index (Phi) is 4.53. The molecule has 2 aromatic heterocycles. The van der Waals surface area contributed by atoms with Crippen LogP contribution in [0, 0.1) is 5.92 Å². The topological polar surface area (TPSA) is 110 Å². The van der Waals surface area contributed by atoms with Crippen LogP contribution in [0.1, 0.15) is 32.1 Å². The number of nitrogens with zero attached hydrogens (tertiary/aromatic N) is 3. The van der Waals surface area contributed by atoms with Gasteiger partial charge in [0.15, 0.2) is 5.65 Å². The van der Waals surface area contributed by atoms with Crippen LogP contribution in [-0.4, -0.2) is 31.4 Å². The molecule has 1 amide bonds. The molecule has 0 atom stereocenters. The lowest BCUT2D eigenvalue weighted by molar-refractivity contribution is -0.120. The summed E-state index contributed by atoms with van der Waals surface area (Å²) >= 11 is 0. The molecule has 0 aliphatic heterocycles. The smallest absolute Gasteiger partial charge is 0.261 e. The van der Waals surface area contributed by atoms with Crippen molar-refractivity contribution in [3.8, 4) is 5.69 Å². The molecule has 2 heterocycles. The number of aromatic amines is 1. The summed E-state index contributed by atoms with van der Waals surface area (Å²) in [5.74, 6) is 0.430. The molecule has 0 unspecified atom stereocenters. The number of ketones is 1. The number of fused-ring (bicyclic) bond motifs is 1. The average molecular weight is 365 g/mol. The summed E-state index contributed by atoms with van der Waals surface area (Å²) in [6.07, 6.45) is 6.22. The summed E-state index contributed by atoms with van der Waals surface area (Å²) < 4.78 is 1.57. The number of Topliss-reactive ketones (excluding diaryl/α,β-unsaturated/α-hetero) is 1. The van der Waals surface area contributed by atoms with Crippen molar-refractivity contribution in [3.63, 3.8) is 0 Å². The number of benzene rings is 1. The van der Waals surface area contributed by atoms with Gasteiger partial charge in [-0.3, -0.25) is 14.4 Å². The Morgan fingerprint density at radius 3 is 2.70 bits per heavy atom. The van der Waals surface area contributed by atoms with Crippen LogP contribution in [0.25, 0.3) is 16.7 Å². The van der Waals surface area contributed by atoms with E-state index >= 15 is 0 Å². The van der Waals surface area contributed by atoms with Crippen molar-refractivity contribution < 1.29 is 9.59 Å². The molecule has 2 N–H and O–H groups in total. The molecule has 8 nitrogen and oxygen atoms in total. The number of aromatic nitrogens is 4. The van der Waals surface area contributed by atoms with Crippen molar-refractivity contribution in [1.29, 1.82) is 0 Å². The first-order chi connectivity index (χ1) is 13.1. The zero-order valence-electron chi connectivity index (χ0n) is 14.6. The fraction of sp³-hybridized carbons (Fsp3) is 0.316. The van der Waals surface area contributed by atoms with Gasteiger partial charge < -0.3 is 10.3 Å². The Hall–Kier alpha value is -3.29. The number of H-pyrrole nitrogens is 1. The molecular formula is C19H19N5O3. The number of amides is 1. The zero-order chi connectivity index (χ0) is 18.8. The Morgan fingerprint density at radius 2 is 1.96 bits per heavy atom. The van der Waals surface area contributed by atoms with Crippen molar-refractivity contribution in [1.82, 2.24) is 19.7 Å². The Labute approximate surface area is 154 Å². The molecule has 27 heavy (non-hydrogen) atoms. The Balaban J connectivity index is 1.38. The van der Waals surface area contributed by atoms with E-state index in [1.165, 1.54) is 12.5 Å². The second-order valence-electron chi connectivity index (χ2n) is 6.71. The van der Waals surface area contributed by atoms with Crippen LogP contribution < -0.4 is 10.9 Å². The van der Waals surface area contributed by atoms with E-state index in [4.69, 9.17) is 0 Å². The minimum atomic E-state index is -0.240. The highest BCUT2D eigenvalue weighted by atomic mass is 16.1. The van der Waals surface area contributed by atoms with E-state index in [2.05, 4.69) is 20.4 Å². The van der Waals surface area contributed by atoms with Gasteiger partial charge in [0.25, 0.3) is 5.56 Å². The number of hydrogen-bond acceptors (Lipinski definition) is 5. The van der Waals surface area contributed by atoms with Crippen LogP contribution >= 0.6 is 0 Å². The second-order valence-corrected chi connectivity index (χ2v) is 6.71. The first-order valence-electron chi connectivity index (χ1n) is 8.96. The van der Waals surface area contributed by atoms with E-state index in [1.807, 2.05) is 0 Å². The molecule has 1 aliphatic carbocycles. The highest BCUT2D eigenvalue weighted by molar-refractivity contribution is 5.91. The van der Waals surface area contributed by atoms with Crippen LogP contribution in [-0.2, 0) is 9.59 Å². The predicted octanol–water partition coefficient (Wildman–Crippen LogP) is 2.20. The molecule has 1 saturated carbocycles. The van der Waals surface area contributed by atoms with Gasteiger partial charge in [-0.2, -0.15) is 5.10 Å². The third kappa shape index (κ3) is 3.79. The van der Waals surface area contributed by atoms with Crippen LogP contribution in [0.4, 0.5) is 5.69 Å². The maximum absolute atomic E-state index is 12.0. The molecule has 138 valence electrons. The van der Waals surface area contributed by atoms with E-state index < -0.39 is 0 Å². The maximum Gasteiger partial charge on any atom is 0.261 e. The summed E-state index contributed by atoms with van der Waals surface area (Å²) in [4.78, 5) is 42.1. The second kappa shape index (κ2) is 7.14. The van der Waals surface area contributed by atoms with Gasteiger partial charge >= 0.3 is 0 Å². The molecule has 8 heteroatoms. The number of anilines is 1. The molecule has 1 aliphatic rings. The normalized spacial score (nSPS) is 13.6. The molecule has 3 aromatic rings. The van der Waals surface area contributed by atoms with Gasteiger partial charge in [0, 0.05) is 24.4 Å². The van der Waals surface area contributed by atoms with E-state index in [9.17, 15) is 14.4 Å². The van der Waals surface area contributed by atoms with E-state index in [-0.39, 0.29) is 23.2 Å². The van der Waals surface area contributed by atoms with Gasteiger partial charge in [-0.05, 0) is 43.5 Å². The van der Waals surface area contributed by atoms with Crippen molar-refractivity contribution >= 4 is 28.4 Å². The lowest BCUT2D eigenvalue weighted by Crippen LogP contribution is -2.12. The van der Waals surface area contributed by atoms with Gasteiger partial charge in [-0.25, -0.2) is 9.67 Å². The highest BCUT2D eigenvalue weighted by Gasteiger charge is 2.28. The van der Waals surface area contributed by atoms with Gasteiger partial charge in [0.05, 0.1) is 18.2 Å². The molecule has 0 saturated heterocycles. The summed E-state index contributed by atoms with van der Waals surface area (Å²) in [6.45, 7) is 0. The van der Waals surface area contributed by atoms with Crippen molar-refractivity contribution in [2.24, 2.45) is 5.92 Å². The van der Waals surface area contributed by atoms with E-state index in [0.29, 0.717) is 36.0 Å². The third-order valence-electron chi connectivity index (χ3n) is 4.63. The standard InChI is InChI=1S/C19H19N5O3/c25-16(12-4-5-12)2-1-3-17(26)23-13-6-8-14(9-7-13)24-18-15(10-22-24)19(27)21-11-20-18/h6-12H,1-5H2,(H,23,26)(H,20,21,27). The predicted molar refractivity (Wildman–Crippen MR) is 99.7 cm³/mol. The number of carbonyl (C=O) groups excluding carboxylic acids is 2. The first kappa shape index (κ1) is 17.1. The van der Waals surface area contributed by atoms with Gasteiger partial charge in [0.2, 0.25) is 5.91 Å². The molecule has 0 spiro atoms. The number of hydrogen-bond donors (Lipinski definition) is 2. The summed E-state index contributed by atoms with van der Waals surface area (Å²) in [7, 11) is 0. The molecule has 1 fully saturated rings. The molecule has 1 aromatic carbocycles. The number of nitrogens with one attached hydrogen (secondary N) is 2. The van der Waals surface area contributed by atoms with Crippen molar-refractivity contribution in [3.05, 3.63) is 47.1 Å². The highest BCUT2D eigenvalue weighted by Crippen LogP contribution is 2.31.